The van der Waals surface area contributed by atoms with Crippen LogP contribution in [0.4, 0.5) is 11.4 Å². The van der Waals surface area contributed by atoms with E-state index in [1.54, 1.807) is 12.1 Å². The van der Waals surface area contributed by atoms with Gasteiger partial charge in [0, 0.05) is 23.9 Å². The summed E-state index contributed by atoms with van der Waals surface area (Å²) in [5.74, 6) is -0.844. The first-order chi connectivity index (χ1) is 11.5. The topological polar surface area (TPSA) is 112 Å². The average Bonchev–Trinajstić information content (AvgIpc) is 3.06. The molecule has 1 heterocycles. The summed E-state index contributed by atoms with van der Waals surface area (Å²) in [6, 6.07) is 8.77. The number of non-ortho nitro benzene ring substituents is 1. The van der Waals surface area contributed by atoms with E-state index in [4.69, 9.17) is 9.15 Å². The normalized spacial score (nSPS) is 11.9. The fraction of sp³-hybridized carbons (Fsp3) is 0.125. The van der Waals surface area contributed by atoms with Crippen LogP contribution in [0.5, 0.6) is 0 Å². The Morgan fingerprint density at radius 1 is 1.33 bits per heavy atom. The van der Waals surface area contributed by atoms with Crippen LogP contribution < -0.4 is 5.32 Å². The number of nitro groups is 1. The van der Waals surface area contributed by atoms with Crippen LogP contribution in [-0.4, -0.2) is 22.9 Å². The fourth-order valence-electron chi connectivity index (χ4n) is 1.74. The van der Waals surface area contributed by atoms with Crippen LogP contribution >= 0.6 is 0 Å². The first-order valence-electron chi connectivity index (χ1n) is 6.93. The number of amides is 1. The van der Waals surface area contributed by atoms with Gasteiger partial charge in [-0.05, 0) is 31.2 Å². The zero-order chi connectivity index (χ0) is 17.5. The Kier molecular flexibility index (Phi) is 5.45. The van der Waals surface area contributed by atoms with E-state index in [1.165, 1.54) is 43.5 Å². The number of carbonyl (C=O) groups is 2. The van der Waals surface area contributed by atoms with Crippen molar-refractivity contribution < 1.29 is 23.7 Å². The van der Waals surface area contributed by atoms with Gasteiger partial charge in [-0.3, -0.25) is 14.9 Å². The number of nitrogens with one attached hydrogen (secondary N) is 1. The van der Waals surface area contributed by atoms with Gasteiger partial charge in [-0.15, -0.1) is 0 Å². The lowest BCUT2D eigenvalue weighted by Gasteiger charge is -2.12. The molecule has 0 fully saturated rings. The predicted molar refractivity (Wildman–Crippen MR) is 85.0 cm³/mol. The molecule has 0 aliphatic carbocycles. The zero-order valence-electron chi connectivity index (χ0n) is 12.7. The average molecular weight is 330 g/mol. The Hall–Kier alpha value is -3.42. The smallest absolute Gasteiger partial charge is 0.331 e. The molecule has 124 valence electrons. The van der Waals surface area contributed by atoms with Crippen molar-refractivity contribution in [2.24, 2.45) is 0 Å². The molecule has 0 bridgehead atoms. The molecular weight excluding hydrogens is 316 g/mol. The number of furan rings is 1. The number of carbonyl (C=O) groups excluding carboxylic acids is 2. The molecule has 1 unspecified atom stereocenters. The van der Waals surface area contributed by atoms with Crippen molar-refractivity contribution in [3.63, 3.8) is 0 Å². The summed E-state index contributed by atoms with van der Waals surface area (Å²) in [5, 5.41) is 13.1. The second kappa shape index (κ2) is 7.73. The Morgan fingerprint density at radius 3 is 2.79 bits per heavy atom. The van der Waals surface area contributed by atoms with Crippen molar-refractivity contribution in [2.75, 3.05) is 5.32 Å². The number of esters is 1. The molecule has 0 radical (unpaired) electrons. The second-order valence-corrected chi connectivity index (χ2v) is 4.72. The van der Waals surface area contributed by atoms with Crippen molar-refractivity contribution >= 4 is 29.3 Å². The highest BCUT2D eigenvalue weighted by atomic mass is 16.6. The lowest BCUT2D eigenvalue weighted by molar-refractivity contribution is -0.384. The van der Waals surface area contributed by atoms with Gasteiger partial charge in [-0.25, -0.2) is 4.79 Å². The minimum atomic E-state index is -1.07. The highest BCUT2D eigenvalue weighted by Gasteiger charge is 2.17. The molecule has 2 rings (SSSR count). The van der Waals surface area contributed by atoms with Crippen LogP contribution in [0.1, 0.15) is 12.7 Å². The maximum absolute atomic E-state index is 12.0. The van der Waals surface area contributed by atoms with Gasteiger partial charge in [0.05, 0.1) is 11.2 Å². The maximum Gasteiger partial charge on any atom is 0.331 e. The third-order valence-electron chi connectivity index (χ3n) is 2.91. The van der Waals surface area contributed by atoms with Crippen molar-refractivity contribution in [2.45, 2.75) is 13.0 Å². The van der Waals surface area contributed by atoms with Crippen LogP contribution in [0, 0.1) is 10.1 Å². The van der Waals surface area contributed by atoms with Crippen molar-refractivity contribution in [1.82, 2.24) is 0 Å². The second-order valence-electron chi connectivity index (χ2n) is 4.72. The third-order valence-corrected chi connectivity index (χ3v) is 2.91. The first kappa shape index (κ1) is 16.9. The van der Waals surface area contributed by atoms with E-state index < -0.39 is 22.9 Å². The van der Waals surface area contributed by atoms with Gasteiger partial charge in [0.15, 0.2) is 6.10 Å². The molecular formula is C16H14N2O6. The molecule has 0 aliphatic rings. The minimum absolute atomic E-state index is 0.154. The SMILES string of the molecule is CC(OC(=O)/C=C/c1ccco1)C(=O)Nc1cccc([N+](=O)[O-])c1. The van der Waals surface area contributed by atoms with Gasteiger partial charge in [0.25, 0.3) is 11.6 Å². The number of nitrogens with zero attached hydrogens (tertiary/aromatic N) is 1. The zero-order valence-corrected chi connectivity index (χ0v) is 12.7. The summed E-state index contributed by atoms with van der Waals surface area (Å²) < 4.78 is 9.96. The molecule has 0 saturated carbocycles. The summed E-state index contributed by atoms with van der Waals surface area (Å²) in [7, 11) is 0. The van der Waals surface area contributed by atoms with Crippen LogP contribution in [0.25, 0.3) is 6.08 Å². The molecule has 1 amide bonds. The quantitative estimate of drug-likeness (QED) is 0.377. The van der Waals surface area contributed by atoms with Crippen LogP contribution in [0.2, 0.25) is 0 Å². The molecule has 1 atom stereocenters. The Balaban J connectivity index is 1.91. The van der Waals surface area contributed by atoms with Crippen molar-refractivity contribution in [3.8, 4) is 0 Å². The van der Waals surface area contributed by atoms with Crippen LogP contribution in [-0.2, 0) is 14.3 Å². The Bertz CT molecular complexity index is 767. The van der Waals surface area contributed by atoms with Crippen molar-refractivity contribution in [3.05, 3.63) is 64.6 Å². The number of rotatable bonds is 6. The number of ether oxygens (including phenoxy) is 1. The third kappa shape index (κ3) is 4.80. The number of benzene rings is 1. The van der Waals surface area contributed by atoms with E-state index >= 15 is 0 Å². The summed E-state index contributed by atoms with van der Waals surface area (Å²) >= 11 is 0. The minimum Gasteiger partial charge on any atom is -0.465 e. The van der Waals surface area contributed by atoms with E-state index in [9.17, 15) is 19.7 Å². The summed E-state index contributed by atoms with van der Waals surface area (Å²) in [6.45, 7) is 1.39. The number of hydrogen-bond donors (Lipinski definition) is 1. The first-order valence-corrected chi connectivity index (χ1v) is 6.93. The van der Waals surface area contributed by atoms with Gasteiger partial charge in [-0.1, -0.05) is 6.07 Å². The number of nitro benzene ring substituents is 1. The van der Waals surface area contributed by atoms with E-state index in [-0.39, 0.29) is 11.4 Å². The lowest BCUT2D eigenvalue weighted by Crippen LogP contribution is -2.29. The lowest BCUT2D eigenvalue weighted by atomic mass is 10.2. The van der Waals surface area contributed by atoms with Gasteiger partial charge >= 0.3 is 5.97 Å². The Labute approximate surface area is 136 Å². The Morgan fingerprint density at radius 2 is 2.12 bits per heavy atom. The van der Waals surface area contributed by atoms with E-state index in [2.05, 4.69) is 5.32 Å². The standard InChI is InChI=1S/C16H14N2O6/c1-11(24-15(19)8-7-14-6-3-9-23-14)16(20)17-12-4-2-5-13(10-12)18(21)22/h2-11H,1H3,(H,17,20)/b8-7+. The fourth-order valence-corrected chi connectivity index (χ4v) is 1.74. The molecule has 1 N–H and O–H groups in total. The van der Waals surface area contributed by atoms with Crippen LogP contribution in [0.3, 0.4) is 0 Å². The molecule has 1 aromatic heterocycles. The highest BCUT2D eigenvalue weighted by molar-refractivity contribution is 5.96. The van der Waals surface area contributed by atoms with Crippen LogP contribution in [0.15, 0.2) is 53.2 Å². The summed E-state index contributed by atoms with van der Waals surface area (Å²) in [6.07, 6.45) is 2.93. The molecule has 0 saturated heterocycles. The molecule has 24 heavy (non-hydrogen) atoms. The van der Waals surface area contributed by atoms with Gasteiger partial charge in [0.1, 0.15) is 5.76 Å². The number of anilines is 1. The van der Waals surface area contributed by atoms with Gasteiger partial charge < -0.3 is 14.5 Å². The van der Waals surface area contributed by atoms with E-state index in [1.807, 2.05) is 0 Å². The largest absolute Gasteiger partial charge is 0.465 e. The molecule has 0 spiro atoms. The van der Waals surface area contributed by atoms with Gasteiger partial charge in [0.2, 0.25) is 0 Å². The van der Waals surface area contributed by atoms with Gasteiger partial charge in [-0.2, -0.15) is 0 Å². The van der Waals surface area contributed by atoms with E-state index in [0.29, 0.717) is 5.76 Å². The molecule has 1 aromatic carbocycles. The summed E-state index contributed by atoms with van der Waals surface area (Å²) in [4.78, 5) is 33.7. The maximum atomic E-state index is 12.0. The van der Waals surface area contributed by atoms with E-state index in [0.717, 1.165) is 6.08 Å². The predicted octanol–water partition coefficient (Wildman–Crippen LogP) is 2.77. The van der Waals surface area contributed by atoms with Crippen molar-refractivity contribution in [1.29, 1.82) is 0 Å². The monoisotopic (exact) mass is 330 g/mol. The molecule has 8 nitrogen and oxygen atoms in total. The highest BCUT2D eigenvalue weighted by Crippen LogP contribution is 2.17. The summed E-state index contributed by atoms with van der Waals surface area (Å²) in [5.41, 5.74) is 0.0852. The number of hydrogen-bond acceptors (Lipinski definition) is 6. The molecule has 2 aromatic rings. The molecule has 0 aliphatic heterocycles. The molecule has 8 heteroatoms.